The third-order valence-electron chi connectivity index (χ3n) is 6.22. The molecular formula is C24H31N5. The molecule has 2 aromatic rings. The summed E-state index contributed by atoms with van der Waals surface area (Å²) in [5, 5.41) is 20.7. The molecular weight excluding hydrogens is 358 g/mol. The molecule has 1 aromatic carbocycles. The van der Waals surface area contributed by atoms with E-state index in [9.17, 15) is 0 Å². The molecule has 4 rings (SSSR count). The van der Waals surface area contributed by atoms with Gasteiger partial charge in [0.2, 0.25) is 0 Å². The standard InChI is InChI=1S/C24H31N5/c25-14-6-10-22(26)21-17-18-7-4-5-11-23(18)28-24(21)29-15-12-20(13-16-29)27-19-8-2-1-3-9-19/h4-7,10-11,14,17,19-20,25-27H,1-3,8-9,12-13,15-16H2/b10-6-,25-14?,26-22?. The fourth-order valence-electron chi connectivity index (χ4n) is 4.64. The molecule has 1 saturated heterocycles. The van der Waals surface area contributed by atoms with Gasteiger partial charge in [0, 0.05) is 42.3 Å². The van der Waals surface area contributed by atoms with Crippen molar-refractivity contribution in [1.82, 2.24) is 10.3 Å². The lowest BCUT2D eigenvalue weighted by Gasteiger charge is -2.37. The third kappa shape index (κ3) is 4.73. The number of hydrogen-bond donors (Lipinski definition) is 3. The molecule has 152 valence electrons. The Labute approximate surface area is 173 Å². The maximum Gasteiger partial charge on any atom is 0.138 e. The van der Waals surface area contributed by atoms with Gasteiger partial charge >= 0.3 is 0 Å². The third-order valence-corrected chi connectivity index (χ3v) is 6.22. The molecule has 2 fully saturated rings. The Balaban J connectivity index is 1.52. The summed E-state index contributed by atoms with van der Waals surface area (Å²) in [6, 6.07) is 11.5. The minimum atomic E-state index is 0.407. The summed E-state index contributed by atoms with van der Waals surface area (Å²) in [4.78, 5) is 7.28. The average molecular weight is 390 g/mol. The lowest BCUT2D eigenvalue weighted by molar-refractivity contribution is 0.307. The minimum Gasteiger partial charge on any atom is -0.356 e. The van der Waals surface area contributed by atoms with Gasteiger partial charge < -0.3 is 21.0 Å². The molecule has 0 amide bonds. The highest BCUT2D eigenvalue weighted by Crippen LogP contribution is 2.28. The van der Waals surface area contributed by atoms with E-state index in [1.54, 1.807) is 12.2 Å². The number of benzene rings is 1. The molecule has 0 atom stereocenters. The van der Waals surface area contributed by atoms with Crippen molar-refractivity contribution in [1.29, 1.82) is 10.8 Å². The molecule has 2 aliphatic rings. The number of nitrogens with zero attached hydrogens (tertiary/aromatic N) is 2. The van der Waals surface area contributed by atoms with E-state index in [-0.39, 0.29) is 0 Å². The van der Waals surface area contributed by atoms with E-state index >= 15 is 0 Å². The number of hydrogen-bond acceptors (Lipinski definition) is 5. The minimum absolute atomic E-state index is 0.407. The van der Waals surface area contributed by atoms with Crippen LogP contribution in [0.25, 0.3) is 10.9 Å². The van der Waals surface area contributed by atoms with Crippen LogP contribution in [0.3, 0.4) is 0 Å². The van der Waals surface area contributed by atoms with E-state index in [1.165, 1.54) is 38.3 Å². The van der Waals surface area contributed by atoms with E-state index in [2.05, 4.69) is 16.3 Å². The zero-order valence-electron chi connectivity index (χ0n) is 17.0. The van der Waals surface area contributed by atoms with Crippen LogP contribution in [0.1, 0.15) is 50.5 Å². The number of fused-ring (bicyclic) bond motifs is 1. The average Bonchev–Trinajstić information content (AvgIpc) is 2.78. The van der Waals surface area contributed by atoms with Gasteiger partial charge in [-0.1, -0.05) is 37.5 Å². The summed E-state index contributed by atoms with van der Waals surface area (Å²) < 4.78 is 0. The lowest BCUT2D eigenvalue weighted by Crippen LogP contribution is -2.47. The van der Waals surface area contributed by atoms with Crippen LogP contribution in [0, 0.1) is 10.8 Å². The Kier molecular flexibility index (Phi) is 6.35. The molecule has 2 heterocycles. The van der Waals surface area contributed by atoms with E-state index in [0.29, 0.717) is 17.8 Å². The number of aromatic nitrogens is 1. The molecule has 0 bridgehead atoms. The summed E-state index contributed by atoms with van der Waals surface area (Å²) >= 11 is 0. The summed E-state index contributed by atoms with van der Waals surface area (Å²) in [5.74, 6) is 0.902. The molecule has 1 saturated carbocycles. The van der Waals surface area contributed by atoms with Gasteiger partial charge in [-0.15, -0.1) is 0 Å². The van der Waals surface area contributed by atoms with Crippen molar-refractivity contribution in [2.45, 2.75) is 57.0 Å². The van der Waals surface area contributed by atoms with E-state index in [0.717, 1.165) is 48.2 Å². The molecule has 5 heteroatoms. The van der Waals surface area contributed by atoms with Gasteiger partial charge in [0.05, 0.1) is 11.2 Å². The second-order valence-corrected chi connectivity index (χ2v) is 8.25. The molecule has 1 aromatic heterocycles. The predicted molar refractivity (Wildman–Crippen MR) is 122 cm³/mol. The Hall–Kier alpha value is -2.53. The van der Waals surface area contributed by atoms with Gasteiger partial charge in [0.15, 0.2) is 0 Å². The van der Waals surface area contributed by atoms with Crippen LogP contribution in [0.5, 0.6) is 0 Å². The smallest absolute Gasteiger partial charge is 0.138 e. The SMILES string of the molecule is N=C/C=C\C(=N)c1cc2ccccc2nc1N1CCC(NC2CCCCC2)CC1. The van der Waals surface area contributed by atoms with E-state index in [1.807, 2.05) is 24.3 Å². The van der Waals surface area contributed by atoms with Gasteiger partial charge in [-0.05, 0) is 50.0 Å². The van der Waals surface area contributed by atoms with Crippen LogP contribution in [-0.2, 0) is 0 Å². The van der Waals surface area contributed by atoms with Crippen LogP contribution in [0.15, 0.2) is 42.5 Å². The quantitative estimate of drug-likeness (QED) is 0.627. The Morgan fingerprint density at radius 3 is 2.52 bits per heavy atom. The lowest BCUT2D eigenvalue weighted by atomic mass is 9.93. The summed E-state index contributed by atoms with van der Waals surface area (Å²) in [6.45, 7) is 1.93. The maximum absolute atomic E-state index is 8.51. The first kappa shape index (κ1) is 19.8. The monoisotopic (exact) mass is 389 g/mol. The predicted octanol–water partition coefficient (Wildman–Crippen LogP) is 4.70. The normalized spacial score (nSPS) is 19.1. The van der Waals surface area contributed by atoms with Crippen molar-refractivity contribution in [3.8, 4) is 0 Å². The van der Waals surface area contributed by atoms with E-state index < -0.39 is 0 Å². The topological polar surface area (TPSA) is 75.9 Å². The maximum atomic E-state index is 8.51. The number of para-hydroxylation sites is 1. The van der Waals surface area contributed by atoms with Crippen molar-refractivity contribution in [3.05, 3.63) is 48.0 Å². The summed E-state index contributed by atoms with van der Waals surface area (Å²) in [7, 11) is 0. The van der Waals surface area contributed by atoms with Crippen molar-refractivity contribution < 1.29 is 0 Å². The zero-order valence-corrected chi connectivity index (χ0v) is 17.0. The van der Waals surface area contributed by atoms with Gasteiger partial charge in [0.25, 0.3) is 0 Å². The molecule has 29 heavy (non-hydrogen) atoms. The number of piperidine rings is 1. The van der Waals surface area contributed by atoms with Crippen LogP contribution >= 0.6 is 0 Å². The highest BCUT2D eigenvalue weighted by molar-refractivity contribution is 6.12. The number of rotatable bonds is 6. The Morgan fingerprint density at radius 2 is 1.76 bits per heavy atom. The van der Waals surface area contributed by atoms with Crippen LogP contribution in [-0.4, -0.2) is 42.1 Å². The number of anilines is 1. The van der Waals surface area contributed by atoms with Crippen LogP contribution < -0.4 is 10.2 Å². The van der Waals surface area contributed by atoms with Crippen LogP contribution in [0.4, 0.5) is 5.82 Å². The number of pyridine rings is 1. The molecule has 5 nitrogen and oxygen atoms in total. The number of nitrogens with one attached hydrogen (secondary N) is 3. The molecule has 0 unspecified atom stereocenters. The first-order chi connectivity index (χ1) is 14.2. The molecule has 1 aliphatic carbocycles. The van der Waals surface area contributed by atoms with E-state index in [4.69, 9.17) is 15.8 Å². The molecule has 0 spiro atoms. The fourth-order valence-corrected chi connectivity index (χ4v) is 4.64. The van der Waals surface area contributed by atoms with Gasteiger partial charge in [-0.25, -0.2) is 4.98 Å². The van der Waals surface area contributed by atoms with Gasteiger partial charge in [0.1, 0.15) is 5.82 Å². The van der Waals surface area contributed by atoms with Crippen molar-refractivity contribution >= 4 is 28.6 Å². The Morgan fingerprint density at radius 1 is 1.03 bits per heavy atom. The van der Waals surface area contributed by atoms with Crippen molar-refractivity contribution in [3.63, 3.8) is 0 Å². The molecule has 0 radical (unpaired) electrons. The highest BCUT2D eigenvalue weighted by Gasteiger charge is 2.25. The second kappa shape index (κ2) is 9.31. The van der Waals surface area contributed by atoms with Crippen molar-refractivity contribution in [2.75, 3.05) is 18.0 Å². The Bertz CT molecular complexity index is 889. The summed E-state index contributed by atoms with van der Waals surface area (Å²) in [5.41, 5.74) is 2.22. The van der Waals surface area contributed by atoms with Crippen LogP contribution in [0.2, 0.25) is 0 Å². The zero-order chi connectivity index (χ0) is 20.1. The second-order valence-electron chi connectivity index (χ2n) is 8.25. The van der Waals surface area contributed by atoms with Gasteiger partial charge in [-0.2, -0.15) is 0 Å². The largest absolute Gasteiger partial charge is 0.356 e. The fraction of sp³-hybridized carbons (Fsp3) is 0.458. The molecule has 3 N–H and O–H groups in total. The van der Waals surface area contributed by atoms with Gasteiger partial charge in [-0.3, -0.25) is 0 Å². The van der Waals surface area contributed by atoms with Crippen molar-refractivity contribution in [2.24, 2.45) is 0 Å². The first-order valence-electron chi connectivity index (χ1n) is 10.9. The highest BCUT2D eigenvalue weighted by atomic mass is 15.2. The number of allylic oxidation sites excluding steroid dienone is 2. The first-order valence-corrected chi connectivity index (χ1v) is 10.9. The molecule has 1 aliphatic heterocycles. The summed E-state index contributed by atoms with van der Waals surface area (Å²) in [6.07, 6.45) is 13.5.